The van der Waals surface area contributed by atoms with Gasteiger partial charge in [0, 0.05) is 37.2 Å². The van der Waals surface area contributed by atoms with Crippen LogP contribution in [0.1, 0.15) is 37.0 Å². The van der Waals surface area contributed by atoms with Gasteiger partial charge in [0.05, 0.1) is 6.61 Å². The van der Waals surface area contributed by atoms with E-state index in [1.54, 1.807) is 25.5 Å². The fourth-order valence-corrected chi connectivity index (χ4v) is 2.99. The Morgan fingerprint density at radius 1 is 1.38 bits per heavy atom. The summed E-state index contributed by atoms with van der Waals surface area (Å²) < 4.78 is 5.18. The minimum Gasteiger partial charge on any atom is -0.462 e. The zero-order valence-electron chi connectivity index (χ0n) is 14.1. The van der Waals surface area contributed by atoms with Crippen molar-refractivity contribution in [3.8, 4) is 11.4 Å². The van der Waals surface area contributed by atoms with Crippen LogP contribution in [0.2, 0.25) is 0 Å². The van der Waals surface area contributed by atoms with Gasteiger partial charge in [0.25, 0.3) is 0 Å². The highest BCUT2D eigenvalue weighted by Crippen LogP contribution is 2.27. The Hall–Kier alpha value is -2.50. The number of carbonyl (C=O) groups excluding carboxylic acids is 1. The molecule has 0 saturated carbocycles. The van der Waals surface area contributed by atoms with Gasteiger partial charge < -0.3 is 9.64 Å². The first kappa shape index (κ1) is 16.4. The summed E-state index contributed by atoms with van der Waals surface area (Å²) in [5, 5.41) is 0. The molecule has 2 aromatic rings. The number of hydrogen-bond acceptors (Lipinski definition) is 6. The fraction of sp³-hybridized carbons (Fsp3) is 0.444. The number of esters is 1. The number of nitrogens with zero attached hydrogens (tertiary/aromatic N) is 4. The Kier molecular flexibility index (Phi) is 5.03. The molecule has 1 aliphatic rings. The molecule has 0 amide bonds. The summed E-state index contributed by atoms with van der Waals surface area (Å²) in [5.41, 5.74) is 1.32. The van der Waals surface area contributed by atoms with Gasteiger partial charge in [-0.15, -0.1) is 0 Å². The molecule has 0 spiro atoms. The molecule has 1 aliphatic heterocycles. The molecule has 3 rings (SSSR count). The van der Waals surface area contributed by atoms with E-state index in [4.69, 9.17) is 9.72 Å². The molecule has 1 unspecified atom stereocenters. The second-order valence-corrected chi connectivity index (χ2v) is 6.08. The molecule has 1 saturated heterocycles. The van der Waals surface area contributed by atoms with Gasteiger partial charge in [-0.3, -0.25) is 4.98 Å². The Labute approximate surface area is 141 Å². The quantitative estimate of drug-likeness (QED) is 0.805. The Bertz CT molecular complexity index is 705. The van der Waals surface area contributed by atoms with Crippen LogP contribution in [0.5, 0.6) is 0 Å². The van der Waals surface area contributed by atoms with Gasteiger partial charge in [0.2, 0.25) is 0 Å². The number of ether oxygens (including phenoxy) is 1. The molecule has 1 atom stereocenters. The van der Waals surface area contributed by atoms with Crippen LogP contribution in [-0.2, 0) is 4.74 Å². The van der Waals surface area contributed by atoms with E-state index in [-0.39, 0.29) is 5.97 Å². The monoisotopic (exact) mass is 326 g/mol. The normalized spacial score (nSPS) is 17.6. The zero-order chi connectivity index (χ0) is 16.9. The molecule has 0 N–H and O–H groups in total. The minimum atomic E-state index is -0.369. The van der Waals surface area contributed by atoms with E-state index in [1.807, 2.05) is 12.1 Å². The lowest BCUT2D eigenvalue weighted by atomic mass is 10.00. The van der Waals surface area contributed by atoms with Crippen molar-refractivity contribution in [2.75, 3.05) is 24.6 Å². The summed E-state index contributed by atoms with van der Waals surface area (Å²) in [5.74, 6) is 1.47. The first-order valence-corrected chi connectivity index (χ1v) is 8.38. The third kappa shape index (κ3) is 3.53. The maximum absolute atomic E-state index is 12.3. The molecule has 0 aliphatic carbocycles. The van der Waals surface area contributed by atoms with E-state index in [2.05, 4.69) is 21.8 Å². The molecule has 0 bridgehead atoms. The molecule has 126 valence electrons. The molecule has 24 heavy (non-hydrogen) atoms. The number of aromatic nitrogens is 3. The highest BCUT2D eigenvalue weighted by Gasteiger charge is 2.24. The van der Waals surface area contributed by atoms with E-state index < -0.39 is 0 Å². The van der Waals surface area contributed by atoms with Crippen LogP contribution < -0.4 is 4.90 Å². The highest BCUT2D eigenvalue weighted by molar-refractivity contribution is 5.94. The highest BCUT2D eigenvalue weighted by atomic mass is 16.5. The van der Waals surface area contributed by atoms with Crippen LogP contribution in [0.4, 0.5) is 5.82 Å². The van der Waals surface area contributed by atoms with E-state index >= 15 is 0 Å². The molecule has 2 aromatic heterocycles. The van der Waals surface area contributed by atoms with Crippen LogP contribution in [-0.4, -0.2) is 40.6 Å². The Morgan fingerprint density at radius 2 is 2.17 bits per heavy atom. The zero-order valence-corrected chi connectivity index (χ0v) is 14.1. The maximum atomic E-state index is 12.3. The third-order valence-electron chi connectivity index (χ3n) is 4.16. The number of rotatable bonds is 4. The van der Waals surface area contributed by atoms with Crippen LogP contribution in [0.3, 0.4) is 0 Å². The second-order valence-electron chi connectivity index (χ2n) is 6.08. The Morgan fingerprint density at radius 3 is 2.88 bits per heavy atom. The molecule has 6 heteroatoms. The number of piperidine rings is 1. The predicted octanol–water partition coefficient (Wildman–Crippen LogP) is 2.95. The number of anilines is 1. The third-order valence-corrected chi connectivity index (χ3v) is 4.16. The summed E-state index contributed by atoms with van der Waals surface area (Å²) in [6.07, 6.45) is 7.29. The van der Waals surface area contributed by atoms with Crippen molar-refractivity contribution in [1.29, 1.82) is 0 Å². The van der Waals surface area contributed by atoms with Gasteiger partial charge in [0.1, 0.15) is 11.4 Å². The van der Waals surface area contributed by atoms with Crippen LogP contribution in [0.25, 0.3) is 11.4 Å². The molecule has 6 nitrogen and oxygen atoms in total. The average Bonchev–Trinajstić information content (AvgIpc) is 2.62. The van der Waals surface area contributed by atoms with E-state index in [0.29, 0.717) is 29.7 Å². The van der Waals surface area contributed by atoms with Crippen LogP contribution >= 0.6 is 0 Å². The molecule has 1 fully saturated rings. The van der Waals surface area contributed by atoms with Gasteiger partial charge >= 0.3 is 5.97 Å². The smallest absolute Gasteiger partial charge is 0.343 e. The fourth-order valence-electron chi connectivity index (χ4n) is 2.99. The van der Waals surface area contributed by atoms with Crippen molar-refractivity contribution in [1.82, 2.24) is 15.0 Å². The summed E-state index contributed by atoms with van der Waals surface area (Å²) >= 11 is 0. The largest absolute Gasteiger partial charge is 0.462 e. The number of hydrogen-bond donors (Lipinski definition) is 0. The molecular weight excluding hydrogens is 304 g/mol. The second kappa shape index (κ2) is 7.38. The van der Waals surface area contributed by atoms with E-state index in [0.717, 1.165) is 25.1 Å². The first-order valence-electron chi connectivity index (χ1n) is 8.38. The van der Waals surface area contributed by atoms with Crippen molar-refractivity contribution >= 4 is 11.8 Å². The predicted molar refractivity (Wildman–Crippen MR) is 91.8 cm³/mol. The molecule has 3 heterocycles. The Balaban J connectivity index is 2.01. The molecule has 0 radical (unpaired) electrons. The van der Waals surface area contributed by atoms with Crippen molar-refractivity contribution in [2.24, 2.45) is 5.92 Å². The van der Waals surface area contributed by atoms with Crippen molar-refractivity contribution < 1.29 is 9.53 Å². The topological polar surface area (TPSA) is 68.2 Å². The summed E-state index contributed by atoms with van der Waals surface area (Å²) in [7, 11) is 0. The lowest BCUT2D eigenvalue weighted by Crippen LogP contribution is -2.36. The standard InChI is InChI=1S/C18H22N4O2/c1-3-24-18(23)15-11-20-16(14-6-8-19-9-7-14)21-17(15)22-10-4-5-13(2)12-22/h6-9,11,13H,3-5,10,12H2,1-2H3. The van der Waals surface area contributed by atoms with Gasteiger partial charge in [-0.1, -0.05) is 6.92 Å². The van der Waals surface area contributed by atoms with Gasteiger partial charge in [-0.05, 0) is 37.8 Å². The van der Waals surface area contributed by atoms with Crippen molar-refractivity contribution in [2.45, 2.75) is 26.7 Å². The average molecular weight is 326 g/mol. The summed E-state index contributed by atoms with van der Waals surface area (Å²) in [4.78, 5) is 27.5. The lowest BCUT2D eigenvalue weighted by molar-refractivity contribution is 0.0526. The maximum Gasteiger partial charge on any atom is 0.343 e. The number of carbonyl (C=O) groups is 1. The van der Waals surface area contributed by atoms with Crippen molar-refractivity contribution in [3.63, 3.8) is 0 Å². The molecule has 0 aromatic carbocycles. The van der Waals surface area contributed by atoms with Gasteiger partial charge in [-0.25, -0.2) is 14.8 Å². The van der Waals surface area contributed by atoms with Gasteiger partial charge in [0.15, 0.2) is 5.82 Å². The lowest BCUT2D eigenvalue weighted by Gasteiger charge is -2.32. The van der Waals surface area contributed by atoms with Crippen LogP contribution in [0.15, 0.2) is 30.7 Å². The number of pyridine rings is 1. The van der Waals surface area contributed by atoms with Gasteiger partial charge in [-0.2, -0.15) is 0 Å². The molecular formula is C18H22N4O2. The first-order chi connectivity index (χ1) is 11.7. The SMILES string of the molecule is CCOC(=O)c1cnc(-c2ccncc2)nc1N1CCCC(C)C1. The van der Waals surface area contributed by atoms with Crippen LogP contribution in [0, 0.1) is 5.92 Å². The minimum absolute atomic E-state index is 0.334. The summed E-state index contributed by atoms with van der Waals surface area (Å²) in [6.45, 7) is 6.14. The van der Waals surface area contributed by atoms with E-state index in [1.165, 1.54) is 6.42 Å². The van der Waals surface area contributed by atoms with Crippen molar-refractivity contribution in [3.05, 3.63) is 36.3 Å². The summed E-state index contributed by atoms with van der Waals surface area (Å²) in [6, 6.07) is 3.73. The van der Waals surface area contributed by atoms with E-state index in [9.17, 15) is 4.79 Å².